The lowest BCUT2D eigenvalue weighted by Crippen LogP contribution is -2.35. The molecule has 0 spiro atoms. The molecule has 0 bridgehead atoms. The number of ether oxygens (including phenoxy) is 1. The molecule has 0 aliphatic carbocycles. The van der Waals surface area contributed by atoms with Crippen LogP contribution in [0.2, 0.25) is 0 Å². The first kappa shape index (κ1) is 16.0. The first-order valence-corrected chi connectivity index (χ1v) is 7.21. The maximum atomic E-state index is 12.8. The Morgan fingerprint density at radius 2 is 1.73 bits per heavy atom. The molecule has 1 N–H and O–H groups in total. The SMILES string of the molecule is Cc1cc(C)cc(O[C@@H](C)C(=O)NCc2ccc(F)cc2)c1. The Bertz CT molecular complexity index is 632. The summed E-state index contributed by atoms with van der Waals surface area (Å²) in [6.45, 7) is 6.02. The van der Waals surface area contributed by atoms with Crippen molar-refractivity contribution in [3.63, 3.8) is 0 Å². The quantitative estimate of drug-likeness (QED) is 0.917. The van der Waals surface area contributed by atoms with Gasteiger partial charge in [0.1, 0.15) is 11.6 Å². The van der Waals surface area contributed by atoms with Crippen molar-refractivity contribution >= 4 is 5.91 Å². The fraction of sp³-hybridized carbons (Fsp3) is 0.278. The molecule has 0 saturated heterocycles. The van der Waals surface area contributed by atoms with Crippen molar-refractivity contribution in [2.24, 2.45) is 0 Å². The van der Waals surface area contributed by atoms with Gasteiger partial charge in [0.05, 0.1) is 0 Å². The van der Waals surface area contributed by atoms with Crippen molar-refractivity contribution in [1.29, 1.82) is 0 Å². The molecule has 0 aliphatic heterocycles. The van der Waals surface area contributed by atoms with E-state index < -0.39 is 6.10 Å². The number of aryl methyl sites for hydroxylation is 2. The van der Waals surface area contributed by atoms with Crippen molar-refractivity contribution in [2.45, 2.75) is 33.4 Å². The van der Waals surface area contributed by atoms with Crippen molar-refractivity contribution in [1.82, 2.24) is 5.32 Å². The third-order valence-electron chi connectivity index (χ3n) is 3.26. The van der Waals surface area contributed by atoms with E-state index in [0.29, 0.717) is 12.3 Å². The summed E-state index contributed by atoms with van der Waals surface area (Å²) in [6.07, 6.45) is -0.596. The van der Waals surface area contributed by atoms with E-state index in [0.717, 1.165) is 16.7 Å². The molecule has 0 aliphatic rings. The van der Waals surface area contributed by atoms with E-state index in [-0.39, 0.29) is 11.7 Å². The normalized spacial score (nSPS) is 11.8. The van der Waals surface area contributed by atoms with E-state index in [1.807, 2.05) is 32.0 Å². The second kappa shape index (κ2) is 7.07. The summed E-state index contributed by atoms with van der Waals surface area (Å²) in [5, 5.41) is 2.78. The summed E-state index contributed by atoms with van der Waals surface area (Å²) in [7, 11) is 0. The largest absolute Gasteiger partial charge is 0.481 e. The van der Waals surface area contributed by atoms with Crippen LogP contribution >= 0.6 is 0 Å². The van der Waals surface area contributed by atoms with Crippen LogP contribution in [0.5, 0.6) is 5.75 Å². The van der Waals surface area contributed by atoms with E-state index in [9.17, 15) is 9.18 Å². The van der Waals surface area contributed by atoms with E-state index in [2.05, 4.69) is 5.32 Å². The summed E-state index contributed by atoms with van der Waals surface area (Å²) in [4.78, 5) is 12.0. The number of halogens is 1. The molecule has 4 heteroatoms. The maximum absolute atomic E-state index is 12.8. The Balaban J connectivity index is 1.90. The standard InChI is InChI=1S/C18H20FNO2/c1-12-8-13(2)10-17(9-12)22-14(3)18(21)20-11-15-4-6-16(19)7-5-15/h4-10,14H,11H2,1-3H3,(H,20,21)/t14-/m0/s1. The highest BCUT2D eigenvalue weighted by Gasteiger charge is 2.14. The molecule has 22 heavy (non-hydrogen) atoms. The van der Waals surface area contributed by atoms with Crippen molar-refractivity contribution in [3.05, 3.63) is 65.0 Å². The average molecular weight is 301 g/mol. The van der Waals surface area contributed by atoms with Crippen LogP contribution < -0.4 is 10.1 Å². The molecule has 1 atom stereocenters. The Hall–Kier alpha value is -2.36. The number of hydrogen-bond acceptors (Lipinski definition) is 2. The Kier molecular flexibility index (Phi) is 5.15. The summed E-state index contributed by atoms with van der Waals surface area (Å²) in [6, 6.07) is 11.9. The molecule has 2 rings (SSSR count). The molecule has 0 aromatic heterocycles. The number of hydrogen-bond donors (Lipinski definition) is 1. The fourth-order valence-electron chi connectivity index (χ4n) is 2.19. The molecule has 0 heterocycles. The van der Waals surface area contributed by atoms with Gasteiger partial charge in [0, 0.05) is 6.54 Å². The van der Waals surface area contributed by atoms with Gasteiger partial charge in [-0.15, -0.1) is 0 Å². The summed E-state index contributed by atoms with van der Waals surface area (Å²) >= 11 is 0. The zero-order valence-corrected chi connectivity index (χ0v) is 13.0. The summed E-state index contributed by atoms with van der Waals surface area (Å²) in [5.74, 6) is 0.187. The van der Waals surface area contributed by atoms with Gasteiger partial charge in [0.15, 0.2) is 6.10 Å². The van der Waals surface area contributed by atoms with E-state index in [4.69, 9.17) is 4.74 Å². The van der Waals surface area contributed by atoms with E-state index in [1.165, 1.54) is 12.1 Å². The smallest absolute Gasteiger partial charge is 0.261 e. The van der Waals surface area contributed by atoms with Crippen LogP contribution in [-0.2, 0) is 11.3 Å². The van der Waals surface area contributed by atoms with Crippen molar-refractivity contribution in [2.75, 3.05) is 0 Å². The molecule has 0 unspecified atom stereocenters. The van der Waals surface area contributed by atoms with Crippen LogP contribution in [0, 0.1) is 19.7 Å². The summed E-state index contributed by atoms with van der Waals surface area (Å²) < 4.78 is 18.5. The predicted molar refractivity (Wildman–Crippen MR) is 84.3 cm³/mol. The van der Waals surface area contributed by atoms with Crippen LogP contribution in [0.15, 0.2) is 42.5 Å². The van der Waals surface area contributed by atoms with E-state index >= 15 is 0 Å². The van der Waals surface area contributed by atoms with Gasteiger partial charge in [-0.2, -0.15) is 0 Å². The van der Waals surface area contributed by atoms with Gasteiger partial charge in [-0.1, -0.05) is 18.2 Å². The monoisotopic (exact) mass is 301 g/mol. The van der Waals surface area contributed by atoms with Gasteiger partial charge in [-0.3, -0.25) is 4.79 Å². The Labute approximate surface area is 130 Å². The van der Waals surface area contributed by atoms with Crippen LogP contribution in [-0.4, -0.2) is 12.0 Å². The molecule has 0 radical (unpaired) electrons. The second-order valence-corrected chi connectivity index (χ2v) is 5.43. The fourth-order valence-corrected chi connectivity index (χ4v) is 2.19. The average Bonchev–Trinajstić information content (AvgIpc) is 2.45. The number of carbonyl (C=O) groups excluding carboxylic acids is 1. The lowest BCUT2D eigenvalue weighted by molar-refractivity contribution is -0.127. The van der Waals surface area contributed by atoms with Crippen molar-refractivity contribution in [3.8, 4) is 5.75 Å². The number of amides is 1. The minimum absolute atomic E-state index is 0.205. The Morgan fingerprint density at radius 3 is 2.32 bits per heavy atom. The zero-order chi connectivity index (χ0) is 16.1. The molecular formula is C18H20FNO2. The highest BCUT2D eigenvalue weighted by Crippen LogP contribution is 2.17. The van der Waals surface area contributed by atoms with Crippen LogP contribution in [0.4, 0.5) is 4.39 Å². The van der Waals surface area contributed by atoms with Gasteiger partial charge in [0.25, 0.3) is 5.91 Å². The highest BCUT2D eigenvalue weighted by atomic mass is 19.1. The first-order valence-electron chi connectivity index (χ1n) is 7.21. The number of rotatable bonds is 5. The van der Waals surface area contributed by atoms with Gasteiger partial charge in [0.2, 0.25) is 0 Å². The first-order chi connectivity index (χ1) is 10.4. The minimum Gasteiger partial charge on any atom is -0.481 e. The molecule has 2 aromatic carbocycles. The molecule has 1 amide bonds. The van der Waals surface area contributed by atoms with Gasteiger partial charge >= 0.3 is 0 Å². The van der Waals surface area contributed by atoms with Crippen LogP contribution in [0.25, 0.3) is 0 Å². The molecule has 2 aromatic rings. The lowest BCUT2D eigenvalue weighted by atomic mass is 10.1. The third kappa shape index (κ3) is 4.58. The zero-order valence-electron chi connectivity index (χ0n) is 13.0. The van der Waals surface area contributed by atoms with Crippen molar-refractivity contribution < 1.29 is 13.9 Å². The van der Waals surface area contributed by atoms with Crippen LogP contribution in [0.1, 0.15) is 23.6 Å². The van der Waals surface area contributed by atoms with Gasteiger partial charge in [-0.05, 0) is 61.7 Å². The van der Waals surface area contributed by atoms with E-state index in [1.54, 1.807) is 19.1 Å². The van der Waals surface area contributed by atoms with Gasteiger partial charge in [-0.25, -0.2) is 4.39 Å². The number of carbonyl (C=O) groups is 1. The topological polar surface area (TPSA) is 38.3 Å². The molecular weight excluding hydrogens is 281 g/mol. The van der Waals surface area contributed by atoms with Gasteiger partial charge < -0.3 is 10.1 Å². The molecule has 116 valence electrons. The Morgan fingerprint density at radius 1 is 1.14 bits per heavy atom. The maximum Gasteiger partial charge on any atom is 0.261 e. The lowest BCUT2D eigenvalue weighted by Gasteiger charge is -2.15. The second-order valence-electron chi connectivity index (χ2n) is 5.43. The molecule has 3 nitrogen and oxygen atoms in total. The highest BCUT2D eigenvalue weighted by molar-refractivity contribution is 5.80. The number of benzene rings is 2. The van der Waals surface area contributed by atoms with Crippen LogP contribution in [0.3, 0.4) is 0 Å². The molecule has 0 saturated carbocycles. The summed E-state index contributed by atoms with van der Waals surface area (Å²) in [5.41, 5.74) is 3.02. The molecule has 0 fully saturated rings. The minimum atomic E-state index is -0.596. The third-order valence-corrected chi connectivity index (χ3v) is 3.26. The predicted octanol–water partition coefficient (Wildman–Crippen LogP) is 3.53. The number of nitrogens with one attached hydrogen (secondary N) is 1.